The first-order valence-electron chi connectivity index (χ1n) is 9.74. The van der Waals surface area contributed by atoms with Crippen LogP contribution in [0.25, 0.3) is 17.5 Å². The first-order valence-corrected chi connectivity index (χ1v) is 9.74. The van der Waals surface area contributed by atoms with E-state index in [0.717, 1.165) is 40.0 Å². The van der Waals surface area contributed by atoms with Crippen LogP contribution >= 0.6 is 0 Å². The van der Waals surface area contributed by atoms with Crippen molar-refractivity contribution in [2.24, 2.45) is 0 Å². The topological polar surface area (TPSA) is 90.4 Å². The molecule has 0 aliphatic carbocycles. The van der Waals surface area contributed by atoms with Gasteiger partial charge in [-0.2, -0.15) is 5.10 Å². The molecule has 0 aliphatic rings. The monoisotopic (exact) mass is 415 g/mol. The molecule has 7 nitrogen and oxygen atoms in total. The molecule has 156 valence electrons. The lowest BCUT2D eigenvalue weighted by Gasteiger charge is -2.06. The summed E-state index contributed by atoms with van der Waals surface area (Å²) in [6.07, 6.45) is 6.02. The highest BCUT2D eigenvalue weighted by molar-refractivity contribution is 5.85. The van der Waals surface area contributed by atoms with Crippen molar-refractivity contribution in [1.82, 2.24) is 14.8 Å². The predicted octanol–water partition coefficient (Wildman–Crippen LogP) is 4.57. The third-order valence-electron chi connectivity index (χ3n) is 4.63. The Kier molecular flexibility index (Phi) is 5.93. The molecule has 0 saturated heterocycles. The van der Waals surface area contributed by atoms with Crippen LogP contribution in [-0.2, 0) is 17.9 Å². The van der Waals surface area contributed by atoms with E-state index in [9.17, 15) is 4.79 Å². The van der Waals surface area contributed by atoms with Crippen LogP contribution in [0.4, 0.5) is 0 Å². The van der Waals surface area contributed by atoms with Crippen LogP contribution in [0.1, 0.15) is 22.6 Å². The van der Waals surface area contributed by atoms with Crippen molar-refractivity contribution in [1.29, 1.82) is 0 Å². The van der Waals surface area contributed by atoms with Gasteiger partial charge in [0.05, 0.1) is 12.7 Å². The second-order valence-electron chi connectivity index (χ2n) is 6.96. The lowest BCUT2D eigenvalue weighted by molar-refractivity contribution is -0.131. The molecule has 0 aliphatic heterocycles. The highest BCUT2D eigenvalue weighted by Crippen LogP contribution is 2.23. The summed E-state index contributed by atoms with van der Waals surface area (Å²) < 4.78 is 13.4. The Morgan fingerprint density at radius 3 is 2.68 bits per heavy atom. The number of benzene rings is 2. The van der Waals surface area contributed by atoms with Crippen LogP contribution in [0.15, 0.2) is 77.5 Å². The predicted molar refractivity (Wildman–Crippen MR) is 115 cm³/mol. The van der Waals surface area contributed by atoms with Crippen molar-refractivity contribution in [3.63, 3.8) is 0 Å². The van der Waals surface area contributed by atoms with Crippen LogP contribution in [-0.4, -0.2) is 25.8 Å². The van der Waals surface area contributed by atoms with Crippen molar-refractivity contribution in [2.45, 2.75) is 20.1 Å². The van der Waals surface area contributed by atoms with E-state index < -0.39 is 5.97 Å². The molecule has 0 fully saturated rings. The van der Waals surface area contributed by atoms with Gasteiger partial charge >= 0.3 is 5.97 Å². The molecule has 0 saturated carbocycles. The number of carbonyl (C=O) groups is 1. The largest absolute Gasteiger partial charge is 0.487 e. The zero-order valence-electron chi connectivity index (χ0n) is 16.9. The Balaban J connectivity index is 1.35. The Morgan fingerprint density at radius 1 is 1.16 bits per heavy atom. The third kappa shape index (κ3) is 5.27. The summed E-state index contributed by atoms with van der Waals surface area (Å²) in [5.74, 6) is 1.07. The van der Waals surface area contributed by atoms with Gasteiger partial charge in [0.2, 0.25) is 5.89 Å². The Bertz CT molecular complexity index is 1190. The summed E-state index contributed by atoms with van der Waals surface area (Å²) in [4.78, 5) is 15.1. The van der Waals surface area contributed by atoms with Crippen molar-refractivity contribution >= 4 is 12.0 Å². The second kappa shape index (κ2) is 9.13. The van der Waals surface area contributed by atoms with Gasteiger partial charge < -0.3 is 14.3 Å². The van der Waals surface area contributed by atoms with Gasteiger partial charge in [0.15, 0.2) is 0 Å². The summed E-state index contributed by atoms with van der Waals surface area (Å²) >= 11 is 0. The summed E-state index contributed by atoms with van der Waals surface area (Å²) in [5, 5.41) is 12.9. The molecule has 0 radical (unpaired) electrons. The number of hydrogen-bond acceptors (Lipinski definition) is 5. The van der Waals surface area contributed by atoms with E-state index in [1.54, 1.807) is 17.1 Å². The third-order valence-corrected chi connectivity index (χ3v) is 4.63. The molecule has 4 aromatic rings. The minimum Gasteiger partial charge on any atom is -0.487 e. The van der Waals surface area contributed by atoms with Gasteiger partial charge in [0, 0.05) is 23.4 Å². The molecule has 1 N–H and O–H groups in total. The van der Waals surface area contributed by atoms with Crippen molar-refractivity contribution in [2.75, 3.05) is 0 Å². The molecule has 2 aromatic heterocycles. The fraction of sp³-hybridized carbons (Fsp3) is 0.125. The number of oxazole rings is 1. The highest BCUT2D eigenvalue weighted by Gasteiger charge is 2.12. The maximum absolute atomic E-state index is 10.6. The van der Waals surface area contributed by atoms with Crippen LogP contribution < -0.4 is 4.74 Å². The molecule has 0 spiro atoms. The van der Waals surface area contributed by atoms with Crippen LogP contribution in [0.5, 0.6) is 5.75 Å². The maximum Gasteiger partial charge on any atom is 0.328 e. The standard InChI is InChI=1S/C24H21N3O4/c1-17-22(26-24(31-17)20-5-3-2-4-6-20)16-30-21-10-7-18(8-11-21)14-27-15-19(13-25-27)9-12-23(28)29/h2-13,15H,14,16H2,1H3,(H,28,29)/b12-9+. The molecule has 0 amide bonds. The molecular formula is C24H21N3O4. The van der Waals surface area contributed by atoms with E-state index >= 15 is 0 Å². The number of ether oxygens (including phenoxy) is 1. The smallest absolute Gasteiger partial charge is 0.328 e. The molecular weight excluding hydrogens is 394 g/mol. The van der Waals surface area contributed by atoms with Gasteiger partial charge in [-0.1, -0.05) is 30.3 Å². The fourth-order valence-electron chi connectivity index (χ4n) is 3.02. The Morgan fingerprint density at radius 2 is 1.94 bits per heavy atom. The Hall–Kier alpha value is -4.13. The Labute approximate surface area is 179 Å². The van der Waals surface area contributed by atoms with Gasteiger partial charge in [-0.05, 0) is 42.8 Å². The zero-order chi connectivity index (χ0) is 21.6. The van der Waals surface area contributed by atoms with Gasteiger partial charge in [-0.25, -0.2) is 9.78 Å². The SMILES string of the molecule is Cc1oc(-c2ccccc2)nc1COc1ccc(Cn2cc(/C=C/C(=O)O)cn2)cc1. The van der Waals surface area contributed by atoms with Crippen LogP contribution in [0.2, 0.25) is 0 Å². The lowest BCUT2D eigenvalue weighted by atomic mass is 10.2. The second-order valence-corrected chi connectivity index (χ2v) is 6.96. The lowest BCUT2D eigenvalue weighted by Crippen LogP contribution is -2.01. The minimum atomic E-state index is -0.986. The number of aliphatic carboxylic acids is 1. The highest BCUT2D eigenvalue weighted by atomic mass is 16.5. The van der Waals surface area contributed by atoms with E-state index in [1.165, 1.54) is 6.08 Å². The fourth-order valence-corrected chi connectivity index (χ4v) is 3.02. The molecule has 31 heavy (non-hydrogen) atoms. The van der Waals surface area contributed by atoms with E-state index in [-0.39, 0.29) is 0 Å². The molecule has 0 unspecified atom stereocenters. The number of aryl methyl sites for hydroxylation is 1. The quantitative estimate of drug-likeness (QED) is 0.424. The maximum atomic E-state index is 10.6. The van der Waals surface area contributed by atoms with E-state index in [2.05, 4.69) is 10.1 Å². The summed E-state index contributed by atoms with van der Waals surface area (Å²) in [6, 6.07) is 17.5. The van der Waals surface area contributed by atoms with E-state index in [0.29, 0.717) is 19.0 Å². The summed E-state index contributed by atoms with van der Waals surface area (Å²) in [7, 11) is 0. The summed E-state index contributed by atoms with van der Waals surface area (Å²) in [5.41, 5.74) is 3.48. The van der Waals surface area contributed by atoms with E-state index in [4.69, 9.17) is 14.3 Å². The van der Waals surface area contributed by atoms with Gasteiger partial charge in [0.25, 0.3) is 0 Å². The summed E-state index contributed by atoms with van der Waals surface area (Å²) in [6.45, 7) is 2.77. The molecule has 2 aromatic carbocycles. The van der Waals surface area contributed by atoms with Crippen molar-refractivity contribution in [3.8, 4) is 17.2 Å². The van der Waals surface area contributed by atoms with Gasteiger partial charge in [-0.3, -0.25) is 4.68 Å². The van der Waals surface area contributed by atoms with Gasteiger partial charge in [0.1, 0.15) is 23.8 Å². The van der Waals surface area contributed by atoms with E-state index in [1.807, 2.05) is 61.5 Å². The zero-order valence-corrected chi connectivity index (χ0v) is 16.9. The molecule has 4 rings (SSSR count). The molecule has 2 heterocycles. The first kappa shape index (κ1) is 20.2. The number of carboxylic acids is 1. The molecule has 7 heteroatoms. The number of hydrogen-bond donors (Lipinski definition) is 1. The normalized spacial score (nSPS) is 11.1. The van der Waals surface area contributed by atoms with Crippen molar-refractivity contribution < 1.29 is 19.1 Å². The van der Waals surface area contributed by atoms with Crippen LogP contribution in [0, 0.1) is 6.92 Å². The average molecular weight is 415 g/mol. The number of rotatable bonds is 8. The molecule has 0 atom stereocenters. The average Bonchev–Trinajstić information content (AvgIpc) is 3.38. The minimum absolute atomic E-state index is 0.319. The van der Waals surface area contributed by atoms with Gasteiger partial charge in [-0.15, -0.1) is 0 Å². The first-order chi connectivity index (χ1) is 15.1. The number of nitrogens with zero attached hydrogens (tertiary/aromatic N) is 3. The van der Waals surface area contributed by atoms with Crippen molar-refractivity contribution in [3.05, 3.63) is 95.6 Å². The molecule has 0 bridgehead atoms. The van der Waals surface area contributed by atoms with Crippen LogP contribution in [0.3, 0.4) is 0 Å². The number of carboxylic acid groups (broad SMARTS) is 1. The number of aromatic nitrogens is 3.